The van der Waals surface area contributed by atoms with Gasteiger partial charge in [-0.25, -0.2) is 4.79 Å². The van der Waals surface area contributed by atoms with Gasteiger partial charge in [0.1, 0.15) is 0 Å². The highest BCUT2D eigenvalue weighted by molar-refractivity contribution is 7.08. The molecule has 0 aliphatic heterocycles. The molecule has 3 nitrogen and oxygen atoms in total. The molecule has 19 heavy (non-hydrogen) atoms. The monoisotopic (exact) mass is 315 g/mol. The third-order valence-corrected chi connectivity index (χ3v) is 4.16. The summed E-state index contributed by atoms with van der Waals surface area (Å²) in [6, 6.07) is 3.60. The molecular weight excluding hydrogens is 305 g/mol. The fraction of sp³-hybridized carbons (Fsp3) is 0.154. The number of anilines is 2. The number of carbonyl (C=O) groups is 1. The lowest BCUT2D eigenvalue weighted by molar-refractivity contribution is 0.0602. The molecule has 0 bridgehead atoms. The van der Waals surface area contributed by atoms with Crippen LogP contribution in [0.25, 0.3) is 0 Å². The van der Waals surface area contributed by atoms with Crippen molar-refractivity contribution in [3.63, 3.8) is 0 Å². The van der Waals surface area contributed by atoms with Crippen LogP contribution in [-0.4, -0.2) is 13.1 Å². The van der Waals surface area contributed by atoms with Gasteiger partial charge in [0.25, 0.3) is 0 Å². The summed E-state index contributed by atoms with van der Waals surface area (Å²) in [7, 11) is 1.34. The average Bonchev–Trinajstić information content (AvgIpc) is 2.86. The maximum absolute atomic E-state index is 11.6. The second-order valence-corrected chi connectivity index (χ2v) is 5.40. The van der Waals surface area contributed by atoms with Gasteiger partial charge >= 0.3 is 5.97 Å². The maximum Gasteiger partial charge on any atom is 0.340 e. The summed E-state index contributed by atoms with van der Waals surface area (Å²) >= 11 is 13.7. The summed E-state index contributed by atoms with van der Waals surface area (Å²) in [5.41, 5.74) is 2.59. The zero-order valence-corrected chi connectivity index (χ0v) is 12.6. The van der Waals surface area contributed by atoms with Crippen molar-refractivity contribution in [3.8, 4) is 0 Å². The summed E-state index contributed by atoms with van der Waals surface area (Å²) in [5.74, 6) is -0.399. The summed E-state index contributed by atoms with van der Waals surface area (Å²) in [4.78, 5) is 11.6. The lowest BCUT2D eigenvalue weighted by Gasteiger charge is -2.12. The first-order valence-corrected chi connectivity index (χ1v) is 7.10. The number of thiophene rings is 1. The van der Waals surface area contributed by atoms with E-state index in [0.717, 1.165) is 5.56 Å². The molecule has 0 amide bonds. The van der Waals surface area contributed by atoms with Gasteiger partial charge in [0, 0.05) is 10.8 Å². The lowest BCUT2D eigenvalue weighted by Crippen LogP contribution is -2.03. The molecule has 2 rings (SSSR count). The van der Waals surface area contributed by atoms with E-state index < -0.39 is 5.97 Å². The first-order chi connectivity index (χ1) is 9.04. The van der Waals surface area contributed by atoms with E-state index in [0.29, 0.717) is 27.0 Å². The van der Waals surface area contributed by atoms with Crippen molar-refractivity contribution in [2.24, 2.45) is 0 Å². The highest BCUT2D eigenvalue weighted by Gasteiger charge is 2.16. The minimum atomic E-state index is -0.399. The van der Waals surface area contributed by atoms with Gasteiger partial charge in [-0.05, 0) is 18.6 Å². The number of benzene rings is 1. The Balaban J connectivity index is 2.40. The minimum absolute atomic E-state index is 0.399. The topological polar surface area (TPSA) is 38.3 Å². The van der Waals surface area contributed by atoms with Crippen LogP contribution in [0, 0.1) is 6.92 Å². The molecule has 0 radical (unpaired) electrons. The fourth-order valence-electron chi connectivity index (χ4n) is 1.57. The molecule has 0 atom stereocenters. The summed E-state index contributed by atoms with van der Waals surface area (Å²) < 4.78 is 4.72. The number of aryl methyl sites for hydroxylation is 1. The van der Waals surface area contributed by atoms with Crippen LogP contribution in [0.5, 0.6) is 0 Å². The standard InChI is InChI=1S/C13H11Cl2NO2S/c1-7-3-4-9(14)12(11(7)15)16-10-6-19-5-8(10)13(17)18-2/h3-6,16H,1-2H3. The Labute approximate surface area is 125 Å². The van der Waals surface area contributed by atoms with Gasteiger partial charge < -0.3 is 10.1 Å². The van der Waals surface area contributed by atoms with E-state index in [9.17, 15) is 4.79 Å². The zero-order chi connectivity index (χ0) is 14.0. The van der Waals surface area contributed by atoms with E-state index in [4.69, 9.17) is 27.9 Å². The van der Waals surface area contributed by atoms with E-state index in [1.807, 2.05) is 13.0 Å². The number of rotatable bonds is 3. The quantitative estimate of drug-likeness (QED) is 0.819. The van der Waals surface area contributed by atoms with Crippen LogP contribution >= 0.6 is 34.5 Å². The van der Waals surface area contributed by atoms with E-state index in [1.54, 1.807) is 16.8 Å². The van der Waals surface area contributed by atoms with Gasteiger partial charge in [0.15, 0.2) is 0 Å². The number of esters is 1. The van der Waals surface area contributed by atoms with E-state index in [2.05, 4.69) is 5.32 Å². The van der Waals surface area contributed by atoms with Crippen LogP contribution in [-0.2, 0) is 4.74 Å². The zero-order valence-electron chi connectivity index (χ0n) is 10.3. The van der Waals surface area contributed by atoms with Crippen LogP contribution in [0.15, 0.2) is 22.9 Å². The van der Waals surface area contributed by atoms with Crippen molar-refractivity contribution >= 4 is 51.9 Å². The smallest absolute Gasteiger partial charge is 0.340 e. The number of methoxy groups -OCH3 is 1. The van der Waals surface area contributed by atoms with E-state index in [-0.39, 0.29) is 0 Å². The van der Waals surface area contributed by atoms with Gasteiger partial charge in [-0.3, -0.25) is 0 Å². The van der Waals surface area contributed by atoms with E-state index in [1.165, 1.54) is 18.4 Å². The SMILES string of the molecule is COC(=O)c1cscc1Nc1c(Cl)ccc(C)c1Cl. The lowest BCUT2D eigenvalue weighted by atomic mass is 10.2. The van der Waals surface area contributed by atoms with Crippen molar-refractivity contribution in [1.82, 2.24) is 0 Å². The molecule has 0 fully saturated rings. The Hall–Kier alpha value is -1.23. The molecule has 0 saturated heterocycles. The Morgan fingerprint density at radius 2 is 2.05 bits per heavy atom. The largest absolute Gasteiger partial charge is 0.465 e. The van der Waals surface area contributed by atoms with Crippen molar-refractivity contribution in [2.45, 2.75) is 6.92 Å². The number of halogens is 2. The number of ether oxygens (including phenoxy) is 1. The van der Waals surface area contributed by atoms with Gasteiger partial charge in [-0.15, -0.1) is 11.3 Å². The molecule has 100 valence electrons. The molecule has 2 aromatic rings. The van der Waals surface area contributed by atoms with Crippen molar-refractivity contribution in [2.75, 3.05) is 12.4 Å². The molecule has 6 heteroatoms. The fourth-order valence-corrected chi connectivity index (χ4v) is 2.78. The first-order valence-electron chi connectivity index (χ1n) is 5.40. The van der Waals surface area contributed by atoms with Crippen LogP contribution in [0.1, 0.15) is 15.9 Å². The molecule has 0 unspecified atom stereocenters. The maximum atomic E-state index is 11.6. The molecule has 1 N–H and O–H groups in total. The van der Waals surface area contributed by atoms with E-state index >= 15 is 0 Å². The Bertz CT molecular complexity index is 625. The molecule has 0 aliphatic carbocycles. The predicted octanol–water partition coefficient (Wildman–Crippen LogP) is 4.89. The van der Waals surface area contributed by atoms with Gasteiger partial charge in [-0.2, -0.15) is 0 Å². The van der Waals surface area contributed by atoms with Crippen LogP contribution in [0.4, 0.5) is 11.4 Å². The highest BCUT2D eigenvalue weighted by Crippen LogP contribution is 2.36. The normalized spacial score (nSPS) is 10.3. The third-order valence-electron chi connectivity index (χ3n) is 2.61. The van der Waals surface area contributed by atoms with Crippen LogP contribution < -0.4 is 5.32 Å². The summed E-state index contributed by atoms with van der Waals surface area (Å²) in [5, 5.41) is 7.65. The molecule has 0 aliphatic rings. The molecule has 1 aromatic carbocycles. The number of carbonyl (C=O) groups excluding carboxylic acids is 1. The second kappa shape index (κ2) is 5.82. The molecule has 0 saturated carbocycles. The number of nitrogens with one attached hydrogen (secondary N) is 1. The molecule has 1 aromatic heterocycles. The minimum Gasteiger partial charge on any atom is -0.465 e. The van der Waals surface area contributed by atoms with Gasteiger partial charge in [0.05, 0.1) is 34.1 Å². The molecule has 0 spiro atoms. The first kappa shape index (κ1) is 14.2. The average molecular weight is 316 g/mol. The van der Waals surface area contributed by atoms with Crippen LogP contribution in [0.3, 0.4) is 0 Å². The van der Waals surface area contributed by atoms with Gasteiger partial charge in [0.2, 0.25) is 0 Å². The van der Waals surface area contributed by atoms with Gasteiger partial charge in [-0.1, -0.05) is 29.3 Å². The highest BCUT2D eigenvalue weighted by atomic mass is 35.5. The second-order valence-electron chi connectivity index (χ2n) is 3.87. The third kappa shape index (κ3) is 2.86. The van der Waals surface area contributed by atoms with Crippen LogP contribution in [0.2, 0.25) is 10.0 Å². The number of hydrogen-bond donors (Lipinski definition) is 1. The molecular formula is C13H11Cl2NO2S. The molecule has 1 heterocycles. The Kier molecular flexibility index (Phi) is 4.34. The Morgan fingerprint density at radius 1 is 1.32 bits per heavy atom. The summed E-state index contributed by atoms with van der Waals surface area (Å²) in [6.45, 7) is 1.89. The Morgan fingerprint density at radius 3 is 2.74 bits per heavy atom. The predicted molar refractivity (Wildman–Crippen MR) is 80.1 cm³/mol. The van der Waals surface area contributed by atoms with Crippen molar-refractivity contribution in [1.29, 1.82) is 0 Å². The summed E-state index contributed by atoms with van der Waals surface area (Å²) in [6.07, 6.45) is 0. The van der Waals surface area contributed by atoms with Crippen molar-refractivity contribution < 1.29 is 9.53 Å². The van der Waals surface area contributed by atoms with Crippen molar-refractivity contribution in [3.05, 3.63) is 44.1 Å². The number of hydrogen-bond acceptors (Lipinski definition) is 4.